The molecule has 1 aromatic heterocycles. The number of aromatic nitrogens is 1. The van der Waals surface area contributed by atoms with Gasteiger partial charge >= 0.3 is 0 Å². The second-order valence-corrected chi connectivity index (χ2v) is 6.04. The van der Waals surface area contributed by atoms with E-state index >= 15 is 0 Å². The van der Waals surface area contributed by atoms with E-state index in [2.05, 4.69) is 18.8 Å². The minimum Gasteiger partial charge on any atom is -0.489 e. The zero-order chi connectivity index (χ0) is 14.4. The summed E-state index contributed by atoms with van der Waals surface area (Å²) in [6, 6.07) is 4.29. The van der Waals surface area contributed by atoms with E-state index in [0.29, 0.717) is 6.10 Å². The summed E-state index contributed by atoms with van der Waals surface area (Å²) in [5.41, 5.74) is 7.01. The SMILES string of the molecule is CCC(N)Cc1ccc(OC2CCCC(CC)C2)cn1. The van der Waals surface area contributed by atoms with Crippen LogP contribution in [-0.4, -0.2) is 17.1 Å². The molecule has 0 spiro atoms. The molecule has 20 heavy (non-hydrogen) atoms. The van der Waals surface area contributed by atoms with Crippen LogP contribution in [0.5, 0.6) is 5.75 Å². The molecule has 0 aromatic carbocycles. The van der Waals surface area contributed by atoms with Crippen molar-refractivity contribution in [2.24, 2.45) is 11.7 Å². The molecule has 3 nitrogen and oxygen atoms in total. The van der Waals surface area contributed by atoms with Gasteiger partial charge in [0.15, 0.2) is 0 Å². The quantitative estimate of drug-likeness (QED) is 0.861. The summed E-state index contributed by atoms with van der Waals surface area (Å²) >= 11 is 0. The third-order valence-corrected chi connectivity index (χ3v) is 4.41. The van der Waals surface area contributed by atoms with Gasteiger partial charge in [0.05, 0.1) is 12.3 Å². The van der Waals surface area contributed by atoms with Gasteiger partial charge in [0.25, 0.3) is 0 Å². The van der Waals surface area contributed by atoms with Crippen LogP contribution in [0, 0.1) is 5.92 Å². The average molecular weight is 276 g/mol. The molecule has 1 aliphatic rings. The van der Waals surface area contributed by atoms with Crippen molar-refractivity contribution < 1.29 is 4.74 Å². The van der Waals surface area contributed by atoms with Crippen molar-refractivity contribution in [3.05, 3.63) is 24.0 Å². The van der Waals surface area contributed by atoms with E-state index in [1.165, 1.54) is 32.1 Å². The molecule has 0 radical (unpaired) electrons. The van der Waals surface area contributed by atoms with Gasteiger partial charge < -0.3 is 10.5 Å². The zero-order valence-electron chi connectivity index (χ0n) is 12.8. The summed E-state index contributed by atoms with van der Waals surface area (Å²) in [5, 5.41) is 0. The van der Waals surface area contributed by atoms with Crippen molar-refractivity contribution in [2.75, 3.05) is 0 Å². The molecule has 0 bridgehead atoms. The van der Waals surface area contributed by atoms with Crippen LogP contribution in [0.1, 0.15) is 58.1 Å². The van der Waals surface area contributed by atoms with Crippen molar-refractivity contribution in [3.63, 3.8) is 0 Å². The maximum Gasteiger partial charge on any atom is 0.138 e. The van der Waals surface area contributed by atoms with Gasteiger partial charge in [-0.25, -0.2) is 0 Å². The first-order valence-electron chi connectivity index (χ1n) is 8.08. The number of nitrogens with two attached hydrogens (primary N) is 1. The van der Waals surface area contributed by atoms with E-state index in [-0.39, 0.29) is 6.04 Å². The number of hydrogen-bond donors (Lipinski definition) is 1. The van der Waals surface area contributed by atoms with Gasteiger partial charge in [-0.15, -0.1) is 0 Å². The van der Waals surface area contributed by atoms with Crippen LogP contribution in [0.3, 0.4) is 0 Å². The summed E-state index contributed by atoms with van der Waals surface area (Å²) < 4.78 is 6.08. The highest BCUT2D eigenvalue weighted by atomic mass is 16.5. The molecule has 2 rings (SSSR count). The maximum atomic E-state index is 6.08. The van der Waals surface area contributed by atoms with Crippen molar-refractivity contribution in [1.82, 2.24) is 4.98 Å². The zero-order valence-corrected chi connectivity index (χ0v) is 12.8. The molecular weight excluding hydrogens is 248 g/mol. The first kappa shape index (κ1) is 15.3. The van der Waals surface area contributed by atoms with Crippen LogP contribution in [-0.2, 0) is 6.42 Å². The van der Waals surface area contributed by atoms with E-state index in [9.17, 15) is 0 Å². The number of rotatable bonds is 6. The molecule has 0 aliphatic heterocycles. The maximum absolute atomic E-state index is 6.08. The Bertz CT molecular complexity index is 390. The first-order chi connectivity index (χ1) is 9.71. The van der Waals surface area contributed by atoms with Crippen LogP contribution in [0.2, 0.25) is 0 Å². The van der Waals surface area contributed by atoms with E-state index in [1.54, 1.807) is 0 Å². The summed E-state index contributed by atoms with van der Waals surface area (Å²) in [7, 11) is 0. The lowest BCUT2D eigenvalue weighted by Crippen LogP contribution is -2.25. The van der Waals surface area contributed by atoms with Gasteiger partial charge in [0.1, 0.15) is 5.75 Å². The Balaban J connectivity index is 1.87. The number of ether oxygens (including phenoxy) is 1. The normalized spacial score (nSPS) is 24.4. The molecule has 0 amide bonds. The predicted molar refractivity (Wildman–Crippen MR) is 82.9 cm³/mol. The van der Waals surface area contributed by atoms with Crippen LogP contribution in [0.4, 0.5) is 0 Å². The van der Waals surface area contributed by atoms with Crippen LogP contribution >= 0.6 is 0 Å². The summed E-state index contributed by atoms with van der Waals surface area (Å²) in [6.07, 6.45) is 10.4. The minimum absolute atomic E-state index is 0.206. The first-order valence-corrected chi connectivity index (χ1v) is 8.08. The Morgan fingerprint density at radius 3 is 2.85 bits per heavy atom. The molecule has 1 saturated carbocycles. The van der Waals surface area contributed by atoms with E-state index in [4.69, 9.17) is 10.5 Å². The smallest absolute Gasteiger partial charge is 0.138 e. The van der Waals surface area contributed by atoms with Gasteiger partial charge in [-0.2, -0.15) is 0 Å². The highest BCUT2D eigenvalue weighted by molar-refractivity contribution is 5.20. The molecular formula is C17H28N2O. The average Bonchev–Trinajstić information content (AvgIpc) is 2.49. The van der Waals surface area contributed by atoms with Crippen molar-refractivity contribution in [2.45, 2.75) is 70.9 Å². The van der Waals surface area contributed by atoms with E-state index in [1.807, 2.05) is 18.3 Å². The summed E-state index contributed by atoms with van der Waals surface area (Å²) in [6.45, 7) is 4.38. The number of hydrogen-bond acceptors (Lipinski definition) is 3. The third-order valence-electron chi connectivity index (χ3n) is 4.41. The lowest BCUT2D eigenvalue weighted by Gasteiger charge is -2.28. The van der Waals surface area contributed by atoms with Crippen LogP contribution in [0.25, 0.3) is 0 Å². The fourth-order valence-electron chi connectivity index (χ4n) is 2.93. The molecule has 3 unspecified atom stereocenters. The lowest BCUT2D eigenvalue weighted by atomic mass is 9.85. The number of nitrogens with zero attached hydrogens (tertiary/aromatic N) is 1. The van der Waals surface area contributed by atoms with Crippen molar-refractivity contribution in [3.8, 4) is 5.75 Å². The molecule has 2 N–H and O–H groups in total. The highest BCUT2D eigenvalue weighted by Gasteiger charge is 2.22. The highest BCUT2D eigenvalue weighted by Crippen LogP contribution is 2.29. The topological polar surface area (TPSA) is 48.1 Å². The van der Waals surface area contributed by atoms with Gasteiger partial charge in [-0.05, 0) is 43.7 Å². The Morgan fingerprint density at radius 2 is 2.20 bits per heavy atom. The molecule has 1 aliphatic carbocycles. The van der Waals surface area contributed by atoms with Gasteiger partial charge in [0.2, 0.25) is 0 Å². The summed E-state index contributed by atoms with van der Waals surface area (Å²) in [4.78, 5) is 4.47. The number of pyridine rings is 1. The minimum atomic E-state index is 0.206. The monoisotopic (exact) mass is 276 g/mol. The lowest BCUT2D eigenvalue weighted by molar-refractivity contribution is 0.121. The van der Waals surface area contributed by atoms with E-state index in [0.717, 1.165) is 30.2 Å². The van der Waals surface area contributed by atoms with Crippen molar-refractivity contribution in [1.29, 1.82) is 0 Å². The Morgan fingerprint density at radius 1 is 1.35 bits per heavy atom. The van der Waals surface area contributed by atoms with Crippen LogP contribution in [0.15, 0.2) is 18.3 Å². The molecule has 1 fully saturated rings. The third kappa shape index (κ3) is 4.48. The fourth-order valence-corrected chi connectivity index (χ4v) is 2.93. The van der Waals surface area contributed by atoms with Crippen molar-refractivity contribution >= 4 is 0 Å². The molecule has 3 atom stereocenters. The summed E-state index contributed by atoms with van der Waals surface area (Å²) in [5.74, 6) is 1.74. The molecule has 3 heteroatoms. The Hall–Kier alpha value is -1.09. The second kappa shape index (κ2) is 7.63. The molecule has 112 valence electrons. The standard InChI is InChI=1S/C17H28N2O/c1-3-13-6-5-7-16(10-13)20-17-9-8-15(19-12-17)11-14(18)4-2/h8-9,12-14,16H,3-7,10-11,18H2,1-2H3. The van der Waals surface area contributed by atoms with Crippen LogP contribution < -0.4 is 10.5 Å². The Kier molecular flexibility index (Phi) is 5.84. The molecule has 1 heterocycles. The van der Waals surface area contributed by atoms with Gasteiger partial charge in [-0.1, -0.05) is 26.7 Å². The largest absolute Gasteiger partial charge is 0.489 e. The molecule has 0 saturated heterocycles. The predicted octanol–water partition coefficient (Wildman–Crippen LogP) is 3.71. The molecule has 1 aromatic rings. The van der Waals surface area contributed by atoms with Gasteiger partial charge in [-0.3, -0.25) is 4.98 Å². The second-order valence-electron chi connectivity index (χ2n) is 6.04. The Labute approximate surface area is 122 Å². The van der Waals surface area contributed by atoms with E-state index < -0.39 is 0 Å². The fraction of sp³-hybridized carbons (Fsp3) is 0.706. The van der Waals surface area contributed by atoms with Gasteiger partial charge in [0, 0.05) is 18.2 Å².